The van der Waals surface area contributed by atoms with Crippen LogP contribution in [-0.2, 0) is 11.3 Å². The van der Waals surface area contributed by atoms with E-state index in [0.29, 0.717) is 32.1 Å². The molecule has 0 bridgehead atoms. The van der Waals surface area contributed by atoms with E-state index in [1.807, 2.05) is 24.1 Å². The highest BCUT2D eigenvalue weighted by Crippen LogP contribution is 2.39. The number of halogens is 2. The molecule has 0 spiro atoms. The summed E-state index contributed by atoms with van der Waals surface area (Å²) in [6.45, 7) is 6.38. The van der Waals surface area contributed by atoms with Gasteiger partial charge in [-0.25, -0.2) is 13.8 Å². The second kappa shape index (κ2) is 8.86. The van der Waals surface area contributed by atoms with Gasteiger partial charge in [-0.2, -0.15) is 0 Å². The normalized spacial score (nSPS) is 15.8. The molecular formula is C25H26F2N4O2. The molecule has 2 aliphatic rings. The van der Waals surface area contributed by atoms with Gasteiger partial charge in [0, 0.05) is 50.2 Å². The fourth-order valence-corrected chi connectivity index (χ4v) is 4.59. The molecular weight excluding hydrogens is 426 g/mol. The number of nitrogens with one attached hydrogen (secondary N) is 1. The standard InChI is InChI=1S/C25H26F2N4O2/c1-16-19(17-3-2-4-18(13-17)30-9-11-33-12-10-30)14-29-25-23(16)31(8-7-28-25)15-20-21(26)5-6-22(27)24(20)32/h2-6,13-14,32H,7-12,15H2,1H3,(H,28,29). The zero-order valence-electron chi connectivity index (χ0n) is 18.4. The summed E-state index contributed by atoms with van der Waals surface area (Å²) in [6, 6.07) is 10.3. The minimum Gasteiger partial charge on any atom is -0.505 e. The number of phenolic OH excluding ortho intramolecular Hbond substituents is 1. The molecule has 3 aromatic rings. The van der Waals surface area contributed by atoms with Gasteiger partial charge < -0.3 is 25.0 Å². The van der Waals surface area contributed by atoms with Crippen LogP contribution in [0, 0.1) is 18.6 Å². The lowest BCUT2D eigenvalue weighted by molar-refractivity contribution is 0.122. The van der Waals surface area contributed by atoms with Gasteiger partial charge in [0.15, 0.2) is 11.6 Å². The van der Waals surface area contributed by atoms with Crippen LogP contribution in [0.25, 0.3) is 11.1 Å². The number of aromatic hydroxyl groups is 1. The molecule has 1 saturated heterocycles. The molecule has 0 atom stereocenters. The van der Waals surface area contributed by atoms with Gasteiger partial charge in [-0.15, -0.1) is 0 Å². The van der Waals surface area contributed by atoms with Crippen molar-refractivity contribution in [3.05, 3.63) is 65.4 Å². The first-order valence-electron chi connectivity index (χ1n) is 11.1. The Morgan fingerprint density at radius 2 is 1.88 bits per heavy atom. The number of hydrogen-bond acceptors (Lipinski definition) is 6. The summed E-state index contributed by atoms with van der Waals surface area (Å²) in [7, 11) is 0. The van der Waals surface area contributed by atoms with Crippen molar-refractivity contribution < 1.29 is 18.6 Å². The van der Waals surface area contributed by atoms with Crippen molar-refractivity contribution in [2.45, 2.75) is 13.5 Å². The van der Waals surface area contributed by atoms with Gasteiger partial charge in [-0.3, -0.25) is 0 Å². The zero-order chi connectivity index (χ0) is 22.9. The van der Waals surface area contributed by atoms with Crippen LogP contribution in [0.1, 0.15) is 11.1 Å². The number of ether oxygens (including phenoxy) is 1. The molecule has 0 saturated carbocycles. The number of anilines is 3. The average molecular weight is 453 g/mol. The highest BCUT2D eigenvalue weighted by atomic mass is 19.1. The first-order chi connectivity index (χ1) is 16.0. The second-order valence-electron chi connectivity index (χ2n) is 8.35. The van der Waals surface area contributed by atoms with E-state index in [0.717, 1.165) is 53.3 Å². The Bertz CT molecular complexity index is 1180. The van der Waals surface area contributed by atoms with E-state index < -0.39 is 17.4 Å². The van der Waals surface area contributed by atoms with Crippen LogP contribution in [0.2, 0.25) is 0 Å². The van der Waals surface area contributed by atoms with Crippen LogP contribution in [-0.4, -0.2) is 49.5 Å². The number of benzene rings is 2. The summed E-state index contributed by atoms with van der Waals surface area (Å²) in [5, 5.41) is 13.4. The molecule has 33 heavy (non-hydrogen) atoms. The predicted molar refractivity (Wildman–Crippen MR) is 125 cm³/mol. The topological polar surface area (TPSA) is 60.9 Å². The number of phenols is 1. The van der Waals surface area contributed by atoms with Gasteiger partial charge >= 0.3 is 0 Å². The first kappa shape index (κ1) is 21.5. The van der Waals surface area contributed by atoms with Gasteiger partial charge in [0.1, 0.15) is 11.6 Å². The molecule has 0 aliphatic carbocycles. The lowest BCUT2D eigenvalue weighted by Crippen LogP contribution is -2.36. The summed E-state index contributed by atoms with van der Waals surface area (Å²) in [5.41, 5.74) is 4.91. The Labute approximate surface area is 191 Å². The Balaban J connectivity index is 1.52. The molecule has 2 aromatic carbocycles. The maximum Gasteiger partial charge on any atom is 0.165 e. The van der Waals surface area contributed by atoms with E-state index in [9.17, 15) is 13.9 Å². The largest absolute Gasteiger partial charge is 0.505 e. The molecule has 1 aromatic heterocycles. The number of rotatable bonds is 4. The maximum atomic E-state index is 14.4. The van der Waals surface area contributed by atoms with Crippen LogP contribution in [0.5, 0.6) is 5.75 Å². The van der Waals surface area contributed by atoms with Crippen molar-refractivity contribution in [3.8, 4) is 16.9 Å². The van der Waals surface area contributed by atoms with Crippen molar-refractivity contribution in [1.29, 1.82) is 0 Å². The molecule has 0 amide bonds. The smallest absolute Gasteiger partial charge is 0.165 e. The van der Waals surface area contributed by atoms with Gasteiger partial charge in [0.25, 0.3) is 0 Å². The fraction of sp³-hybridized carbons (Fsp3) is 0.320. The third kappa shape index (κ3) is 4.06. The maximum absolute atomic E-state index is 14.4. The summed E-state index contributed by atoms with van der Waals surface area (Å²) in [6.07, 6.45) is 1.85. The van der Waals surface area contributed by atoms with Crippen LogP contribution in [0.15, 0.2) is 42.6 Å². The van der Waals surface area contributed by atoms with Crippen molar-refractivity contribution in [2.75, 3.05) is 54.5 Å². The Morgan fingerprint density at radius 3 is 2.70 bits per heavy atom. The second-order valence-corrected chi connectivity index (χ2v) is 8.35. The minimum atomic E-state index is -0.828. The lowest BCUT2D eigenvalue weighted by Gasteiger charge is -2.34. The minimum absolute atomic E-state index is 0.0455. The highest BCUT2D eigenvalue weighted by Gasteiger charge is 2.25. The third-order valence-electron chi connectivity index (χ3n) is 6.36. The molecule has 2 aliphatic heterocycles. The summed E-state index contributed by atoms with van der Waals surface area (Å²) >= 11 is 0. The van der Waals surface area contributed by atoms with Crippen molar-refractivity contribution in [3.63, 3.8) is 0 Å². The van der Waals surface area contributed by atoms with Crippen LogP contribution >= 0.6 is 0 Å². The summed E-state index contributed by atoms with van der Waals surface area (Å²) in [5.74, 6) is -1.41. The SMILES string of the molecule is Cc1c(-c2cccc(N3CCOCC3)c2)cnc2c1N(Cc1c(F)ccc(F)c1O)CCN2. The molecule has 0 radical (unpaired) electrons. The molecule has 0 unspecified atom stereocenters. The number of morpholine rings is 1. The molecule has 172 valence electrons. The Hall–Kier alpha value is -3.39. The van der Waals surface area contributed by atoms with E-state index in [2.05, 4.69) is 33.4 Å². The van der Waals surface area contributed by atoms with E-state index in [4.69, 9.17) is 4.74 Å². The Morgan fingerprint density at radius 1 is 1.09 bits per heavy atom. The fourth-order valence-electron chi connectivity index (χ4n) is 4.59. The quantitative estimate of drug-likeness (QED) is 0.615. The van der Waals surface area contributed by atoms with Crippen LogP contribution < -0.4 is 15.1 Å². The molecule has 1 fully saturated rings. The summed E-state index contributed by atoms with van der Waals surface area (Å²) in [4.78, 5) is 8.88. The van der Waals surface area contributed by atoms with Crippen LogP contribution in [0.3, 0.4) is 0 Å². The van der Waals surface area contributed by atoms with E-state index in [1.54, 1.807) is 0 Å². The Kier molecular flexibility index (Phi) is 5.76. The number of hydrogen-bond donors (Lipinski definition) is 2. The zero-order valence-corrected chi connectivity index (χ0v) is 18.4. The third-order valence-corrected chi connectivity index (χ3v) is 6.36. The molecule has 6 nitrogen and oxygen atoms in total. The molecule has 2 N–H and O–H groups in total. The van der Waals surface area contributed by atoms with Gasteiger partial charge in [-0.1, -0.05) is 12.1 Å². The van der Waals surface area contributed by atoms with E-state index >= 15 is 0 Å². The van der Waals surface area contributed by atoms with Crippen molar-refractivity contribution >= 4 is 17.2 Å². The van der Waals surface area contributed by atoms with Crippen molar-refractivity contribution in [2.24, 2.45) is 0 Å². The monoisotopic (exact) mass is 452 g/mol. The van der Waals surface area contributed by atoms with Crippen LogP contribution in [0.4, 0.5) is 26.0 Å². The van der Waals surface area contributed by atoms with E-state index in [1.165, 1.54) is 0 Å². The van der Waals surface area contributed by atoms with Crippen molar-refractivity contribution in [1.82, 2.24) is 4.98 Å². The number of aromatic nitrogens is 1. The first-order valence-corrected chi connectivity index (χ1v) is 11.1. The number of pyridine rings is 1. The van der Waals surface area contributed by atoms with E-state index in [-0.39, 0.29) is 12.1 Å². The number of fused-ring (bicyclic) bond motifs is 1. The van der Waals surface area contributed by atoms with Gasteiger partial charge in [0.2, 0.25) is 0 Å². The summed E-state index contributed by atoms with van der Waals surface area (Å²) < 4.78 is 33.8. The lowest BCUT2D eigenvalue weighted by atomic mass is 9.99. The molecule has 5 rings (SSSR count). The van der Waals surface area contributed by atoms with Gasteiger partial charge in [0.05, 0.1) is 24.5 Å². The number of nitrogens with zero attached hydrogens (tertiary/aromatic N) is 3. The molecule has 8 heteroatoms. The highest BCUT2D eigenvalue weighted by molar-refractivity contribution is 5.82. The molecule has 3 heterocycles. The average Bonchev–Trinajstić information content (AvgIpc) is 2.85. The predicted octanol–water partition coefficient (Wildman–Crippen LogP) is 4.31. The van der Waals surface area contributed by atoms with Gasteiger partial charge in [-0.05, 0) is 42.3 Å².